The minimum atomic E-state index is 0.264. The molecule has 1 heterocycles. The molecule has 0 aromatic heterocycles. The van der Waals surface area contributed by atoms with Gasteiger partial charge in [0.1, 0.15) is 0 Å². The average Bonchev–Trinajstić information content (AvgIpc) is 3.00. The SMILES string of the molecule is CN=C(NCc1cccc(COC(C)C)c1)N1CCC2(CCC2)C1. The van der Waals surface area contributed by atoms with Crippen LogP contribution in [0.15, 0.2) is 29.3 Å². The molecule has 1 aliphatic carbocycles. The van der Waals surface area contributed by atoms with E-state index in [4.69, 9.17) is 4.74 Å². The molecule has 1 saturated carbocycles. The van der Waals surface area contributed by atoms with Crippen molar-refractivity contribution in [2.24, 2.45) is 10.4 Å². The zero-order chi connectivity index (χ0) is 17.0. The molecule has 1 saturated heterocycles. The molecule has 1 aromatic rings. The average molecular weight is 329 g/mol. The molecule has 1 aliphatic heterocycles. The summed E-state index contributed by atoms with van der Waals surface area (Å²) in [5.41, 5.74) is 3.11. The number of nitrogens with one attached hydrogen (secondary N) is 1. The molecule has 0 unspecified atom stereocenters. The van der Waals surface area contributed by atoms with E-state index >= 15 is 0 Å². The minimum Gasteiger partial charge on any atom is -0.374 e. The van der Waals surface area contributed by atoms with Gasteiger partial charge in [0.2, 0.25) is 0 Å². The summed E-state index contributed by atoms with van der Waals surface area (Å²) in [6.45, 7) is 7.94. The third kappa shape index (κ3) is 4.10. The second-order valence-corrected chi connectivity index (χ2v) is 7.61. The van der Waals surface area contributed by atoms with E-state index in [0.717, 1.165) is 19.0 Å². The van der Waals surface area contributed by atoms with Crippen LogP contribution in [0.4, 0.5) is 0 Å². The third-order valence-electron chi connectivity index (χ3n) is 5.39. The third-order valence-corrected chi connectivity index (χ3v) is 5.39. The van der Waals surface area contributed by atoms with Crippen LogP contribution in [0, 0.1) is 5.41 Å². The molecule has 0 atom stereocenters. The van der Waals surface area contributed by atoms with E-state index in [1.165, 1.54) is 43.4 Å². The summed E-state index contributed by atoms with van der Waals surface area (Å²) >= 11 is 0. The maximum atomic E-state index is 5.70. The fourth-order valence-corrected chi connectivity index (χ4v) is 3.81. The van der Waals surface area contributed by atoms with Crippen LogP contribution < -0.4 is 5.32 Å². The lowest BCUT2D eigenvalue weighted by Crippen LogP contribution is -2.42. The lowest BCUT2D eigenvalue weighted by Gasteiger charge is -2.38. The van der Waals surface area contributed by atoms with Crippen molar-refractivity contribution in [3.8, 4) is 0 Å². The van der Waals surface area contributed by atoms with E-state index in [1.54, 1.807) is 0 Å². The monoisotopic (exact) mass is 329 g/mol. The quantitative estimate of drug-likeness (QED) is 0.663. The fraction of sp³-hybridized carbons (Fsp3) is 0.650. The number of ether oxygens (including phenoxy) is 1. The van der Waals surface area contributed by atoms with Crippen molar-refractivity contribution < 1.29 is 4.74 Å². The Kier molecular flexibility index (Phi) is 5.44. The summed E-state index contributed by atoms with van der Waals surface area (Å²) in [5, 5.41) is 3.54. The van der Waals surface area contributed by atoms with Gasteiger partial charge in [0.05, 0.1) is 12.7 Å². The highest BCUT2D eigenvalue weighted by Crippen LogP contribution is 2.47. The Morgan fingerprint density at radius 3 is 2.71 bits per heavy atom. The molecule has 1 N–H and O–H groups in total. The summed E-state index contributed by atoms with van der Waals surface area (Å²) in [6, 6.07) is 8.62. The van der Waals surface area contributed by atoms with Crippen LogP contribution in [-0.2, 0) is 17.9 Å². The summed E-state index contributed by atoms with van der Waals surface area (Å²) in [6.07, 6.45) is 5.80. The highest BCUT2D eigenvalue weighted by atomic mass is 16.5. The molecule has 4 nitrogen and oxygen atoms in total. The summed E-state index contributed by atoms with van der Waals surface area (Å²) in [7, 11) is 1.89. The van der Waals surface area contributed by atoms with Gasteiger partial charge in [0, 0.05) is 26.7 Å². The van der Waals surface area contributed by atoms with Crippen LogP contribution in [0.5, 0.6) is 0 Å². The maximum Gasteiger partial charge on any atom is 0.193 e. The van der Waals surface area contributed by atoms with E-state index in [0.29, 0.717) is 12.0 Å². The van der Waals surface area contributed by atoms with Gasteiger partial charge in [-0.3, -0.25) is 4.99 Å². The smallest absolute Gasteiger partial charge is 0.193 e. The molecule has 1 aromatic carbocycles. The van der Waals surface area contributed by atoms with Crippen molar-refractivity contribution in [3.63, 3.8) is 0 Å². The van der Waals surface area contributed by atoms with E-state index in [9.17, 15) is 0 Å². The van der Waals surface area contributed by atoms with Crippen molar-refractivity contribution in [2.45, 2.75) is 58.8 Å². The summed E-state index contributed by atoms with van der Waals surface area (Å²) < 4.78 is 5.70. The summed E-state index contributed by atoms with van der Waals surface area (Å²) in [5.74, 6) is 1.04. The number of likely N-dealkylation sites (tertiary alicyclic amines) is 1. The predicted molar refractivity (Wildman–Crippen MR) is 99.0 cm³/mol. The van der Waals surface area contributed by atoms with Gasteiger partial charge in [-0.25, -0.2) is 0 Å². The lowest BCUT2D eigenvalue weighted by molar-refractivity contribution is 0.0657. The zero-order valence-corrected chi connectivity index (χ0v) is 15.3. The molecule has 2 fully saturated rings. The Hall–Kier alpha value is -1.55. The van der Waals surface area contributed by atoms with Gasteiger partial charge >= 0.3 is 0 Å². The van der Waals surface area contributed by atoms with Crippen LogP contribution in [0.3, 0.4) is 0 Å². The van der Waals surface area contributed by atoms with E-state index < -0.39 is 0 Å². The second kappa shape index (κ2) is 7.56. The van der Waals surface area contributed by atoms with Gasteiger partial charge in [-0.15, -0.1) is 0 Å². The second-order valence-electron chi connectivity index (χ2n) is 7.61. The van der Waals surface area contributed by atoms with Crippen LogP contribution in [0.1, 0.15) is 50.7 Å². The van der Waals surface area contributed by atoms with Gasteiger partial charge in [0.25, 0.3) is 0 Å². The highest BCUT2D eigenvalue weighted by Gasteiger charge is 2.43. The molecule has 1 spiro atoms. The number of guanidine groups is 1. The van der Waals surface area contributed by atoms with Crippen LogP contribution in [0.2, 0.25) is 0 Å². The number of benzene rings is 1. The Balaban J connectivity index is 1.53. The molecular formula is C20H31N3O. The van der Waals surface area contributed by atoms with E-state index in [2.05, 4.69) is 53.3 Å². The number of rotatable bonds is 5. The van der Waals surface area contributed by atoms with E-state index in [-0.39, 0.29) is 6.10 Å². The predicted octanol–water partition coefficient (Wildman–Crippen LogP) is 3.56. The normalized spacial score (nSPS) is 19.8. The summed E-state index contributed by atoms with van der Waals surface area (Å²) in [4.78, 5) is 6.93. The first-order valence-electron chi connectivity index (χ1n) is 9.25. The number of aliphatic imine (C=N–C) groups is 1. The minimum absolute atomic E-state index is 0.264. The molecule has 3 rings (SSSR count). The van der Waals surface area contributed by atoms with Crippen LogP contribution >= 0.6 is 0 Å². The van der Waals surface area contributed by atoms with Crippen molar-refractivity contribution in [1.29, 1.82) is 0 Å². The standard InChI is InChI=1S/C20H31N3O/c1-16(2)24-14-18-7-4-6-17(12-18)13-22-19(21-3)23-11-10-20(15-23)8-5-9-20/h4,6-7,12,16H,5,8-11,13-15H2,1-3H3,(H,21,22). The molecule has 0 bridgehead atoms. The lowest BCUT2D eigenvalue weighted by atomic mass is 9.68. The maximum absolute atomic E-state index is 5.70. The van der Waals surface area contributed by atoms with Crippen molar-refractivity contribution >= 4 is 5.96 Å². The molecule has 4 heteroatoms. The van der Waals surface area contributed by atoms with Crippen molar-refractivity contribution in [3.05, 3.63) is 35.4 Å². The topological polar surface area (TPSA) is 36.9 Å². The fourth-order valence-electron chi connectivity index (χ4n) is 3.81. The number of hydrogen-bond donors (Lipinski definition) is 1. The van der Waals surface area contributed by atoms with Crippen molar-refractivity contribution in [1.82, 2.24) is 10.2 Å². The molecular weight excluding hydrogens is 298 g/mol. The van der Waals surface area contributed by atoms with Crippen LogP contribution in [-0.4, -0.2) is 37.1 Å². The Morgan fingerprint density at radius 2 is 2.08 bits per heavy atom. The van der Waals surface area contributed by atoms with Crippen LogP contribution in [0.25, 0.3) is 0 Å². The first-order valence-corrected chi connectivity index (χ1v) is 9.25. The Morgan fingerprint density at radius 1 is 1.29 bits per heavy atom. The van der Waals surface area contributed by atoms with Gasteiger partial charge < -0.3 is 15.0 Å². The highest BCUT2D eigenvalue weighted by molar-refractivity contribution is 5.80. The molecule has 0 radical (unpaired) electrons. The van der Waals surface area contributed by atoms with Gasteiger partial charge in [-0.2, -0.15) is 0 Å². The first-order chi connectivity index (χ1) is 11.6. The van der Waals surface area contributed by atoms with Crippen molar-refractivity contribution in [2.75, 3.05) is 20.1 Å². The molecule has 2 aliphatic rings. The molecule has 132 valence electrons. The largest absolute Gasteiger partial charge is 0.374 e. The molecule has 24 heavy (non-hydrogen) atoms. The Bertz CT molecular complexity index is 578. The Labute approximate surface area is 146 Å². The number of nitrogens with zero attached hydrogens (tertiary/aromatic N) is 2. The number of hydrogen-bond acceptors (Lipinski definition) is 2. The zero-order valence-electron chi connectivity index (χ0n) is 15.3. The molecule has 0 amide bonds. The first kappa shape index (κ1) is 17.3. The van der Waals surface area contributed by atoms with Gasteiger partial charge in [-0.05, 0) is 49.7 Å². The van der Waals surface area contributed by atoms with Gasteiger partial charge in [-0.1, -0.05) is 30.7 Å². The van der Waals surface area contributed by atoms with E-state index in [1.807, 2.05) is 7.05 Å². The van der Waals surface area contributed by atoms with Gasteiger partial charge in [0.15, 0.2) is 5.96 Å².